The Hall–Kier alpha value is -2.90. The minimum absolute atomic E-state index is 0.0410. The molecule has 2 heterocycles. The van der Waals surface area contributed by atoms with Crippen LogP contribution in [0.2, 0.25) is 0 Å². The van der Waals surface area contributed by atoms with Gasteiger partial charge in [-0.2, -0.15) is 5.26 Å². The zero-order valence-electron chi connectivity index (χ0n) is 11.2. The Kier molecular flexibility index (Phi) is 2.44. The van der Waals surface area contributed by atoms with E-state index in [1.165, 1.54) is 5.57 Å². The molecule has 0 bridgehead atoms. The highest BCUT2D eigenvalue weighted by molar-refractivity contribution is 5.60. The van der Waals surface area contributed by atoms with Crippen molar-refractivity contribution < 1.29 is 9.48 Å². The summed E-state index contributed by atoms with van der Waals surface area (Å²) in [6, 6.07) is 9.48. The molecule has 2 atom stereocenters. The lowest BCUT2D eigenvalue weighted by Crippen LogP contribution is -2.51. The molecule has 0 radical (unpaired) electrons. The summed E-state index contributed by atoms with van der Waals surface area (Å²) in [5, 5.41) is 9.24. The van der Waals surface area contributed by atoms with Crippen LogP contribution < -0.4 is 4.84 Å². The number of benzene rings is 1. The number of nitrogens with zero attached hydrogens (tertiary/aromatic N) is 3. The van der Waals surface area contributed by atoms with Crippen LogP contribution in [0.5, 0.6) is 5.75 Å². The molecule has 1 aromatic rings. The molecule has 0 saturated carbocycles. The van der Waals surface area contributed by atoms with Gasteiger partial charge in [-0.15, -0.1) is 0 Å². The number of allylic oxidation sites excluding steroid dienone is 3. The number of aliphatic imine (C=N–C) groups is 1. The minimum atomic E-state index is 0.0410. The summed E-state index contributed by atoms with van der Waals surface area (Å²) in [6.45, 7) is 0. The summed E-state index contributed by atoms with van der Waals surface area (Å²) >= 11 is 0. The van der Waals surface area contributed by atoms with E-state index in [1.807, 2.05) is 36.6 Å². The van der Waals surface area contributed by atoms with Crippen LogP contribution in [-0.4, -0.2) is 17.0 Å². The first kappa shape index (κ1) is 11.9. The number of quaternary nitrogens is 1. The van der Waals surface area contributed by atoms with Crippen LogP contribution in [-0.2, 0) is 0 Å². The monoisotopic (exact) mass is 274 g/mol. The average Bonchev–Trinajstić information content (AvgIpc) is 3.04. The fourth-order valence-corrected chi connectivity index (χ4v) is 2.87. The maximum absolute atomic E-state index is 9.24. The van der Waals surface area contributed by atoms with Gasteiger partial charge in [0.15, 0.2) is 6.04 Å². The molecule has 100 valence electrons. The molecule has 0 fully saturated rings. The van der Waals surface area contributed by atoms with Gasteiger partial charge < -0.3 is 4.84 Å². The fourth-order valence-electron chi connectivity index (χ4n) is 2.87. The molecule has 4 nitrogen and oxygen atoms in total. The van der Waals surface area contributed by atoms with E-state index in [0.29, 0.717) is 11.3 Å². The molecule has 1 aliphatic carbocycles. The van der Waals surface area contributed by atoms with E-state index in [2.05, 4.69) is 29.3 Å². The summed E-state index contributed by atoms with van der Waals surface area (Å²) in [4.78, 5) is 10.5. The van der Waals surface area contributed by atoms with Gasteiger partial charge in [-0.1, -0.05) is 35.0 Å². The van der Waals surface area contributed by atoms with E-state index in [-0.39, 0.29) is 10.7 Å². The van der Waals surface area contributed by atoms with Crippen molar-refractivity contribution in [3.05, 3.63) is 77.7 Å². The Bertz CT molecular complexity index is 808. The number of hydrogen-bond donors (Lipinski definition) is 0. The Morgan fingerprint density at radius 2 is 2.14 bits per heavy atom. The number of hydrogen-bond acceptors (Lipinski definition) is 3. The lowest BCUT2D eigenvalue weighted by molar-refractivity contribution is -0.971. The zero-order valence-corrected chi connectivity index (χ0v) is 11.2. The smallest absolute Gasteiger partial charge is 0.238 e. The molecule has 0 amide bonds. The molecule has 0 spiro atoms. The highest BCUT2D eigenvalue weighted by Gasteiger charge is 2.51. The maximum atomic E-state index is 9.24. The normalized spacial score (nSPS) is 27.7. The number of fused-ring (bicyclic) bond motifs is 3. The van der Waals surface area contributed by atoms with Gasteiger partial charge in [-0.25, -0.2) is 4.99 Å². The third kappa shape index (κ3) is 1.62. The lowest BCUT2D eigenvalue weighted by Gasteiger charge is -2.31. The molecule has 1 aromatic carbocycles. The second-order valence-electron chi connectivity index (χ2n) is 5.06. The van der Waals surface area contributed by atoms with E-state index in [0.717, 1.165) is 5.70 Å². The van der Waals surface area contributed by atoms with Crippen molar-refractivity contribution in [3.63, 3.8) is 0 Å². The third-order valence-corrected chi connectivity index (χ3v) is 3.87. The van der Waals surface area contributed by atoms with Crippen LogP contribution in [0.25, 0.3) is 0 Å². The number of para-hydroxylation sites is 1. The van der Waals surface area contributed by atoms with Gasteiger partial charge >= 0.3 is 0 Å². The second kappa shape index (κ2) is 4.30. The zero-order chi connectivity index (χ0) is 14.3. The third-order valence-electron chi connectivity index (χ3n) is 3.87. The van der Waals surface area contributed by atoms with E-state index in [4.69, 9.17) is 4.84 Å². The fraction of sp³-hybridized carbons (Fsp3) is 0.0588. The Balaban J connectivity index is 1.79. The number of rotatable bonds is 2. The number of nitriles is 1. The number of hydroxylamine groups is 3. The van der Waals surface area contributed by atoms with E-state index in [9.17, 15) is 5.26 Å². The molecule has 2 aliphatic heterocycles. The molecule has 0 aromatic heterocycles. The Morgan fingerprint density at radius 3 is 3.05 bits per heavy atom. The molecule has 2 unspecified atom stereocenters. The van der Waals surface area contributed by atoms with Crippen LogP contribution in [0, 0.1) is 11.3 Å². The van der Waals surface area contributed by atoms with Crippen LogP contribution in [0.4, 0.5) is 0 Å². The standard InChI is InChI=1S/C17H12N3O/c18-10-14-6-2-4-8-17(14)21-20-12-19-11-15(20)9-13-5-1-3-7-16(13)20/h1-9,11-12,16H/q+1. The van der Waals surface area contributed by atoms with Crippen molar-refractivity contribution in [2.75, 3.05) is 0 Å². The van der Waals surface area contributed by atoms with Crippen molar-refractivity contribution in [3.8, 4) is 11.8 Å². The molecule has 4 rings (SSSR count). The van der Waals surface area contributed by atoms with Gasteiger partial charge in [0.2, 0.25) is 17.8 Å². The van der Waals surface area contributed by atoms with Crippen molar-refractivity contribution in [2.45, 2.75) is 6.04 Å². The van der Waals surface area contributed by atoms with Gasteiger partial charge in [0.1, 0.15) is 11.6 Å². The molecule has 4 heteroatoms. The molecule has 0 N–H and O–H groups in total. The van der Waals surface area contributed by atoms with Crippen molar-refractivity contribution >= 4 is 6.34 Å². The van der Waals surface area contributed by atoms with Gasteiger partial charge in [-0.05, 0) is 18.2 Å². The molecular weight excluding hydrogens is 262 g/mol. The van der Waals surface area contributed by atoms with Crippen LogP contribution in [0.3, 0.4) is 0 Å². The second-order valence-corrected chi connectivity index (χ2v) is 5.06. The van der Waals surface area contributed by atoms with Crippen molar-refractivity contribution in [2.24, 2.45) is 4.99 Å². The van der Waals surface area contributed by atoms with E-state index in [1.54, 1.807) is 12.4 Å². The SMILES string of the molecule is N#Cc1ccccc1O[N+]12C=NC=C1C=C1C=CC=CC12. The summed E-state index contributed by atoms with van der Waals surface area (Å²) < 4.78 is 0.162. The van der Waals surface area contributed by atoms with Crippen LogP contribution >= 0.6 is 0 Å². The van der Waals surface area contributed by atoms with Gasteiger partial charge in [0.25, 0.3) is 0 Å². The Labute approximate surface area is 122 Å². The summed E-state index contributed by atoms with van der Waals surface area (Å²) in [5.41, 5.74) is 2.68. The van der Waals surface area contributed by atoms with E-state index < -0.39 is 0 Å². The molecule has 0 saturated heterocycles. The first-order chi connectivity index (χ1) is 10.3. The highest BCUT2D eigenvalue weighted by Crippen LogP contribution is 2.41. The van der Waals surface area contributed by atoms with E-state index >= 15 is 0 Å². The first-order valence-electron chi connectivity index (χ1n) is 6.72. The largest absolute Gasteiger partial charge is 0.301 e. The van der Waals surface area contributed by atoms with Gasteiger partial charge in [0, 0.05) is 11.6 Å². The molecule has 3 aliphatic rings. The summed E-state index contributed by atoms with van der Waals surface area (Å²) in [6.07, 6.45) is 13.9. The Morgan fingerprint density at radius 1 is 1.24 bits per heavy atom. The highest BCUT2D eigenvalue weighted by atomic mass is 16.7. The van der Waals surface area contributed by atoms with Crippen molar-refractivity contribution in [1.29, 1.82) is 5.26 Å². The predicted molar refractivity (Wildman–Crippen MR) is 78.8 cm³/mol. The van der Waals surface area contributed by atoms with Gasteiger partial charge in [0.05, 0.1) is 6.20 Å². The maximum Gasteiger partial charge on any atom is 0.238 e. The molecular formula is C17H12N3O+. The molecule has 21 heavy (non-hydrogen) atoms. The van der Waals surface area contributed by atoms with Crippen molar-refractivity contribution in [1.82, 2.24) is 0 Å². The van der Waals surface area contributed by atoms with Gasteiger partial charge in [-0.3, -0.25) is 0 Å². The lowest BCUT2D eigenvalue weighted by atomic mass is 10.0. The first-order valence-corrected chi connectivity index (χ1v) is 6.72. The minimum Gasteiger partial charge on any atom is -0.301 e. The predicted octanol–water partition coefficient (Wildman–Crippen LogP) is 2.99. The van der Waals surface area contributed by atoms with Crippen LogP contribution in [0.15, 0.2) is 77.1 Å². The average molecular weight is 274 g/mol. The topological polar surface area (TPSA) is 45.4 Å². The summed E-state index contributed by atoms with van der Waals surface area (Å²) in [7, 11) is 0. The van der Waals surface area contributed by atoms with Crippen LogP contribution in [0.1, 0.15) is 5.56 Å². The quantitative estimate of drug-likeness (QED) is 0.778. The summed E-state index contributed by atoms with van der Waals surface area (Å²) in [5.74, 6) is 0.567.